The number of aromatic amines is 1. The predicted molar refractivity (Wildman–Crippen MR) is 65.0 cm³/mol. The molecule has 0 unspecified atom stereocenters. The lowest BCUT2D eigenvalue weighted by atomic mass is 10.2. The van der Waals surface area contributed by atoms with E-state index in [4.69, 9.17) is 5.73 Å². The number of nitrogens with zero attached hydrogens (tertiary/aromatic N) is 1. The van der Waals surface area contributed by atoms with Crippen molar-refractivity contribution >= 4 is 12.4 Å². The maximum Gasteiger partial charge on any atom is 0.0487 e. The van der Waals surface area contributed by atoms with Gasteiger partial charge in [0.2, 0.25) is 0 Å². The molecule has 0 aliphatic heterocycles. The molecular weight excluding hydrogens is 210 g/mol. The van der Waals surface area contributed by atoms with E-state index in [2.05, 4.69) is 22.3 Å². The summed E-state index contributed by atoms with van der Waals surface area (Å²) in [5.41, 5.74) is 6.68. The molecule has 0 fully saturated rings. The molecule has 15 heavy (non-hydrogen) atoms. The fraction of sp³-hybridized carbons (Fsp3) is 0.182. The Morgan fingerprint density at radius 1 is 1.13 bits per heavy atom. The molecule has 0 spiro atoms. The van der Waals surface area contributed by atoms with Crippen LogP contribution in [-0.2, 0) is 6.42 Å². The standard InChI is InChI=1S/C8H11N.C3H4N2.ClH/c9-7-6-8-4-2-1-3-5-8;1-2-4-5-3-1;/h1-5H,6-7,9H2;1-3H,(H,4,5);1H. The lowest BCUT2D eigenvalue weighted by molar-refractivity contribution is 0.969. The number of nitrogens with two attached hydrogens (primary N) is 1. The second kappa shape index (κ2) is 9.24. The molecule has 1 aromatic heterocycles. The highest BCUT2D eigenvalue weighted by Crippen LogP contribution is 1.96. The first-order valence-electron chi connectivity index (χ1n) is 4.61. The number of rotatable bonds is 2. The Hall–Kier alpha value is -1.32. The molecule has 2 rings (SSSR count). The maximum atomic E-state index is 5.36. The van der Waals surface area contributed by atoms with Crippen molar-refractivity contribution in [1.29, 1.82) is 0 Å². The van der Waals surface area contributed by atoms with Crippen LogP contribution in [0.3, 0.4) is 0 Å². The molecule has 0 bridgehead atoms. The zero-order chi connectivity index (χ0) is 10.1. The fourth-order valence-corrected chi connectivity index (χ4v) is 1.03. The third-order valence-corrected chi connectivity index (χ3v) is 1.68. The molecule has 0 aliphatic carbocycles. The number of aromatic nitrogens is 2. The van der Waals surface area contributed by atoms with Crippen LogP contribution in [0.5, 0.6) is 0 Å². The lowest BCUT2D eigenvalue weighted by Gasteiger charge is -1.93. The summed E-state index contributed by atoms with van der Waals surface area (Å²) < 4.78 is 0. The summed E-state index contributed by atoms with van der Waals surface area (Å²) in [7, 11) is 0. The minimum atomic E-state index is 0. The summed E-state index contributed by atoms with van der Waals surface area (Å²) in [6.07, 6.45) is 4.45. The number of nitrogens with one attached hydrogen (secondary N) is 1. The van der Waals surface area contributed by atoms with Crippen molar-refractivity contribution in [3.63, 3.8) is 0 Å². The van der Waals surface area contributed by atoms with E-state index in [0.29, 0.717) is 0 Å². The van der Waals surface area contributed by atoms with Gasteiger partial charge in [-0.3, -0.25) is 5.10 Å². The lowest BCUT2D eigenvalue weighted by Crippen LogP contribution is -2.01. The van der Waals surface area contributed by atoms with Crippen molar-refractivity contribution in [2.24, 2.45) is 5.73 Å². The molecule has 0 saturated carbocycles. The third-order valence-electron chi connectivity index (χ3n) is 1.68. The summed E-state index contributed by atoms with van der Waals surface area (Å²) in [4.78, 5) is 0. The van der Waals surface area contributed by atoms with Crippen LogP contribution in [0, 0.1) is 0 Å². The van der Waals surface area contributed by atoms with E-state index >= 15 is 0 Å². The van der Waals surface area contributed by atoms with Crippen molar-refractivity contribution in [2.45, 2.75) is 6.42 Å². The molecule has 0 amide bonds. The van der Waals surface area contributed by atoms with Crippen LogP contribution in [0.15, 0.2) is 48.8 Å². The molecule has 4 heteroatoms. The van der Waals surface area contributed by atoms with Gasteiger partial charge in [-0.1, -0.05) is 30.3 Å². The van der Waals surface area contributed by atoms with Crippen molar-refractivity contribution in [3.8, 4) is 0 Å². The predicted octanol–water partition coefficient (Wildman–Crippen LogP) is 2.02. The second-order valence-corrected chi connectivity index (χ2v) is 2.79. The SMILES string of the molecule is Cl.NCCc1ccccc1.c1cn[nH]c1. The Bertz CT molecular complexity index is 291. The molecule has 3 nitrogen and oxygen atoms in total. The Morgan fingerprint density at radius 3 is 2.27 bits per heavy atom. The first kappa shape index (κ1) is 13.7. The van der Waals surface area contributed by atoms with E-state index in [9.17, 15) is 0 Å². The quantitative estimate of drug-likeness (QED) is 0.822. The average molecular weight is 226 g/mol. The Kier molecular flexibility index (Phi) is 8.43. The van der Waals surface area contributed by atoms with Crippen molar-refractivity contribution in [1.82, 2.24) is 10.2 Å². The summed E-state index contributed by atoms with van der Waals surface area (Å²) >= 11 is 0. The third kappa shape index (κ3) is 6.71. The topological polar surface area (TPSA) is 54.7 Å². The second-order valence-electron chi connectivity index (χ2n) is 2.79. The van der Waals surface area contributed by atoms with Gasteiger partial charge in [-0.05, 0) is 24.6 Å². The van der Waals surface area contributed by atoms with Crippen LogP contribution in [-0.4, -0.2) is 16.7 Å². The largest absolute Gasteiger partial charge is 0.330 e. The first-order chi connectivity index (χ1) is 6.93. The number of benzene rings is 1. The number of hydrogen-bond donors (Lipinski definition) is 2. The molecular formula is C11H16ClN3. The Morgan fingerprint density at radius 2 is 1.87 bits per heavy atom. The van der Waals surface area contributed by atoms with E-state index in [1.165, 1.54) is 5.56 Å². The van der Waals surface area contributed by atoms with Gasteiger partial charge >= 0.3 is 0 Å². The van der Waals surface area contributed by atoms with Crippen LogP contribution >= 0.6 is 12.4 Å². The average Bonchev–Trinajstić information content (AvgIpc) is 2.78. The molecule has 1 aromatic carbocycles. The molecule has 0 atom stereocenters. The maximum absolute atomic E-state index is 5.36. The summed E-state index contributed by atoms with van der Waals surface area (Å²) in [6.45, 7) is 0.740. The first-order valence-corrected chi connectivity index (χ1v) is 4.61. The zero-order valence-electron chi connectivity index (χ0n) is 8.47. The fourth-order valence-electron chi connectivity index (χ4n) is 1.03. The Balaban J connectivity index is 0.000000280. The normalized spacial score (nSPS) is 8.33. The van der Waals surface area contributed by atoms with Crippen LogP contribution in [0.25, 0.3) is 0 Å². The molecule has 0 aliphatic rings. The van der Waals surface area contributed by atoms with Crippen LogP contribution < -0.4 is 5.73 Å². The minimum absolute atomic E-state index is 0. The van der Waals surface area contributed by atoms with E-state index in [1.54, 1.807) is 12.4 Å². The van der Waals surface area contributed by atoms with Gasteiger partial charge in [0.1, 0.15) is 0 Å². The van der Waals surface area contributed by atoms with Gasteiger partial charge in [0.15, 0.2) is 0 Å². The van der Waals surface area contributed by atoms with Crippen molar-refractivity contribution in [3.05, 3.63) is 54.4 Å². The van der Waals surface area contributed by atoms with Crippen molar-refractivity contribution in [2.75, 3.05) is 6.54 Å². The molecule has 2 aromatic rings. The van der Waals surface area contributed by atoms with E-state index < -0.39 is 0 Å². The molecule has 82 valence electrons. The summed E-state index contributed by atoms with van der Waals surface area (Å²) in [5, 5.41) is 6.21. The zero-order valence-corrected chi connectivity index (χ0v) is 9.28. The van der Waals surface area contributed by atoms with Gasteiger partial charge in [-0.2, -0.15) is 5.10 Å². The molecule has 0 radical (unpaired) electrons. The van der Waals surface area contributed by atoms with E-state index in [-0.39, 0.29) is 12.4 Å². The monoisotopic (exact) mass is 225 g/mol. The van der Waals surface area contributed by atoms with Gasteiger partial charge in [-0.15, -0.1) is 12.4 Å². The highest BCUT2D eigenvalue weighted by Gasteiger charge is 1.84. The van der Waals surface area contributed by atoms with Crippen LogP contribution in [0.2, 0.25) is 0 Å². The summed E-state index contributed by atoms with van der Waals surface area (Å²) in [6, 6.07) is 12.1. The minimum Gasteiger partial charge on any atom is -0.330 e. The van der Waals surface area contributed by atoms with Gasteiger partial charge in [0.25, 0.3) is 0 Å². The van der Waals surface area contributed by atoms with Gasteiger partial charge in [-0.25, -0.2) is 0 Å². The number of halogens is 1. The summed E-state index contributed by atoms with van der Waals surface area (Å²) in [5.74, 6) is 0. The highest BCUT2D eigenvalue weighted by molar-refractivity contribution is 5.85. The Labute approximate surface area is 96.1 Å². The molecule has 1 heterocycles. The number of H-pyrrole nitrogens is 1. The van der Waals surface area contributed by atoms with Gasteiger partial charge in [0, 0.05) is 12.4 Å². The van der Waals surface area contributed by atoms with Gasteiger partial charge < -0.3 is 5.73 Å². The molecule has 3 N–H and O–H groups in total. The van der Waals surface area contributed by atoms with E-state index in [0.717, 1.165) is 13.0 Å². The smallest absolute Gasteiger partial charge is 0.0487 e. The van der Waals surface area contributed by atoms with Crippen LogP contribution in [0.4, 0.5) is 0 Å². The molecule has 0 saturated heterocycles. The van der Waals surface area contributed by atoms with E-state index in [1.807, 2.05) is 24.3 Å². The highest BCUT2D eigenvalue weighted by atomic mass is 35.5. The van der Waals surface area contributed by atoms with Crippen molar-refractivity contribution < 1.29 is 0 Å². The number of hydrogen-bond acceptors (Lipinski definition) is 2. The van der Waals surface area contributed by atoms with Crippen LogP contribution in [0.1, 0.15) is 5.56 Å². The van der Waals surface area contributed by atoms with Gasteiger partial charge in [0.05, 0.1) is 0 Å².